The van der Waals surface area contributed by atoms with Gasteiger partial charge in [0.2, 0.25) is 5.95 Å². The average molecular weight is 280 g/mol. The van der Waals surface area contributed by atoms with Crippen LogP contribution in [0.1, 0.15) is 26.0 Å². The van der Waals surface area contributed by atoms with Crippen molar-refractivity contribution in [1.29, 1.82) is 0 Å². The maximum Gasteiger partial charge on any atom is 0.203 e. The Morgan fingerprint density at radius 3 is 2.80 bits per heavy atom. The van der Waals surface area contributed by atoms with E-state index >= 15 is 0 Å². The summed E-state index contributed by atoms with van der Waals surface area (Å²) in [5, 5.41) is 3.47. The number of hydrogen-bond acceptors (Lipinski definition) is 4. The molecule has 0 radical (unpaired) electrons. The SMILES string of the molecule is Cc1cn(CC(C)C)c(NCCCN2CCOCC2)n1. The second-order valence-electron chi connectivity index (χ2n) is 5.99. The van der Waals surface area contributed by atoms with Crippen molar-refractivity contribution in [3.8, 4) is 0 Å². The van der Waals surface area contributed by atoms with Gasteiger partial charge in [-0.2, -0.15) is 0 Å². The Labute approximate surface area is 122 Å². The summed E-state index contributed by atoms with van der Waals surface area (Å²) in [6.07, 6.45) is 3.28. The Hall–Kier alpha value is -1.07. The molecule has 5 nitrogen and oxygen atoms in total. The number of hydrogen-bond donors (Lipinski definition) is 1. The Bertz CT molecular complexity index is 397. The topological polar surface area (TPSA) is 42.3 Å². The third-order valence-corrected chi connectivity index (χ3v) is 3.50. The molecule has 114 valence electrons. The molecule has 0 spiro atoms. The minimum atomic E-state index is 0.637. The molecule has 0 unspecified atom stereocenters. The van der Waals surface area contributed by atoms with Crippen molar-refractivity contribution in [3.63, 3.8) is 0 Å². The van der Waals surface area contributed by atoms with Crippen LogP contribution in [-0.2, 0) is 11.3 Å². The number of rotatable bonds is 7. The van der Waals surface area contributed by atoms with Gasteiger partial charge in [-0.05, 0) is 25.8 Å². The zero-order chi connectivity index (χ0) is 14.4. The predicted molar refractivity (Wildman–Crippen MR) is 82.2 cm³/mol. The van der Waals surface area contributed by atoms with Gasteiger partial charge in [0, 0.05) is 32.4 Å². The number of imidazole rings is 1. The summed E-state index contributed by atoms with van der Waals surface area (Å²) in [4.78, 5) is 7.04. The standard InChI is InChI=1S/C15H28N4O/c1-13(2)11-19-12-14(3)17-15(19)16-5-4-6-18-7-9-20-10-8-18/h12-13H,4-11H2,1-3H3,(H,16,17). The lowest BCUT2D eigenvalue weighted by Gasteiger charge is -2.26. The van der Waals surface area contributed by atoms with E-state index in [9.17, 15) is 0 Å². The van der Waals surface area contributed by atoms with Gasteiger partial charge in [-0.1, -0.05) is 13.8 Å². The number of nitrogens with one attached hydrogen (secondary N) is 1. The lowest BCUT2D eigenvalue weighted by atomic mass is 10.2. The third-order valence-electron chi connectivity index (χ3n) is 3.50. The molecule has 0 atom stereocenters. The molecule has 0 aromatic carbocycles. The fourth-order valence-corrected chi connectivity index (χ4v) is 2.55. The van der Waals surface area contributed by atoms with Crippen LogP contribution in [0.15, 0.2) is 6.20 Å². The number of aryl methyl sites for hydroxylation is 1. The van der Waals surface area contributed by atoms with Gasteiger partial charge < -0.3 is 14.6 Å². The van der Waals surface area contributed by atoms with E-state index in [1.165, 1.54) is 0 Å². The van der Waals surface area contributed by atoms with Gasteiger partial charge in [0.25, 0.3) is 0 Å². The van der Waals surface area contributed by atoms with Crippen LogP contribution in [-0.4, -0.2) is 53.8 Å². The van der Waals surface area contributed by atoms with Crippen molar-refractivity contribution in [3.05, 3.63) is 11.9 Å². The van der Waals surface area contributed by atoms with Gasteiger partial charge in [-0.3, -0.25) is 4.90 Å². The average Bonchev–Trinajstić information content (AvgIpc) is 2.75. The molecule has 1 N–H and O–H groups in total. The monoisotopic (exact) mass is 280 g/mol. The molecule has 2 rings (SSSR count). The largest absolute Gasteiger partial charge is 0.379 e. The fourth-order valence-electron chi connectivity index (χ4n) is 2.55. The van der Waals surface area contributed by atoms with Crippen LogP contribution in [0.4, 0.5) is 5.95 Å². The molecular weight excluding hydrogens is 252 g/mol. The van der Waals surface area contributed by atoms with Crippen LogP contribution in [0.25, 0.3) is 0 Å². The second kappa shape index (κ2) is 7.64. The normalized spacial score (nSPS) is 16.8. The lowest BCUT2D eigenvalue weighted by molar-refractivity contribution is 0.0378. The van der Waals surface area contributed by atoms with Gasteiger partial charge >= 0.3 is 0 Å². The van der Waals surface area contributed by atoms with Crippen molar-refractivity contribution in [2.45, 2.75) is 33.7 Å². The van der Waals surface area contributed by atoms with Gasteiger partial charge in [-0.25, -0.2) is 4.98 Å². The van der Waals surface area contributed by atoms with Crippen LogP contribution < -0.4 is 5.32 Å². The van der Waals surface area contributed by atoms with E-state index in [-0.39, 0.29) is 0 Å². The Balaban J connectivity index is 1.72. The molecule has 1 aromatic heterocycles. The number of nitrogens with zero attached hydrogens (tertiary/aromatic N) is 3. The van der Waals surface area contributed by atoms with Gasteiger partial charge in [0.15, 0.2) is 0 Å². The summed E-state index contributed by atoms with van der Waals surface area (Å²) in [6.45, 7) is 13.6. The van der Waals surface area contributed by atoms with E-state index in [0.717, 1.165) is 64.0 Å². The molecule has 1 aromatic rings. The first kappa shape index (κ1) is 15.3. The summed E-state index contributed by atoms with van der Waals surface area (Å²) in [6, 6.07) is 0. The van der Waals surface area contributed by atoms with Gasteiger partial charge in [0.1, 0.15) is 0 Å². The molecule has 0 saturated carbocycles. The molecule has 1 aliphatic heterocycles. The Morgan fingerprint density at radius 2 is 2.10 bits per heavy atom. The van der Waals surface area contributed by atoms with E-state index < -0.39 is 0 Å². The second-order valence-corrected chi connectivity index (χ2v) is 5.99. The number of anilines is 1. The summed E-state index contributed by atoms with van der Waals surface area (Å²) in [7, 11) is 0. The zero-order valence-electron chi connectivity index (χ0n) is 13.1. The molecule has 1 fully saturated rings. The minimum Gasteiger partial charge on any atom is -0.379 e. The maximum atomic E-state index is 5.36. The van der Waals surface area contributed by atoms with E-state index in [1.807, 2.05) is 0 Å². The lowest BCUT2D eigenvalue weighted by Crippen LogP contribution is -2.37. The van der Waals surface area contributed by atoms with Gasteiger partial charge in [0.05, 0.1) is 18.9 Å². The third kappa shape index (κ3) is 4.80. The highest BCUT2D eigenvalue weighted by atomic mass is 16.5. The summed E-state index contributed by atoms with van der Waals surface area (Å²) < 4.78 is 7.59. The number of ether oxygens (including phenoxy) is 1. The van der Waals surface area contributed by atoms with Crippen LogP contribution in [0.5, 0.6) is 0 Å². The van der Waals surface area contributed by atoms with Crippen molar-refractivity contribution >= 4 is 5.95 Å². The molecule has 0 amide bonds. The molecule has 1 aliphatic rings. The smallest absolute Gasteiger partial charge is 0.203 e. The van der Waals surface area contributed by atoms with Gasteiger partial charge in [-0.15, -0.1) is 0 Å². The first-order valence-corrected chi connectivity index (χ1v) is 7.73. The van der Waals surface area contributed by atoms with E-state index in [2.05, 4.69) is 46.7 Å². The molecule has 20 heavy (non-hydrogen) atoms. The van der Waals surface area contributed by atoms with E-state index in [4.69, 9.17) is 4.74 Å². The molecule has 0 bridgehead atoms. The summed E-state index contributed by atoms with van der Waals surface area (Å²) >= 11 is 0. The zero-order valence-corrected chi connectivity index (χ0v) is 13.1. The molecule has 2 heterocycles. The quantitative estimate of drug-likeness (QED) is 0.776. The molecule has 5 heteroatoms. The number of aromatic nitrogens is 2. The van der Waals surface area contributed by atoms with Crippen LogP contribution >= 0.6 is 0 Å². The Morgan fingerprint density at radius 1 is 1.35 bits per heavy atom. The van der Waals surface area contributed by atoms with E-state index in [1.54, 1.807) is 0 Å². The highest BCUT2D eigenvalue weighted by molar-refractivity contribution is 5.28. The summed E-state index contributed by atoms with van der Waals surface area (Å²) in [5.74, 6) is 1.65. The van der Waals surface area contributed by atoms with Crippen LogP contribution in [0.3, 0.4) is 0 Å². The van der Waals surface area contributed by atoms with Crippen LogP contribution in [0.2, 0.25) is 0 Å². The molecule has 0 aliphatic carbocycles. The molecule has 1 saturated heterocycles. The summed E-state index contributed by atoms with van der Waals surface area (Å²) in [5.41, 5.74) is 1.08. The highest BCUT2D eigenvalue weighted by Gasteiger charge is 2.10. The van der Waals surface area contributed by atoms with Crippen molar-refractivity contribution in [2.75, 3.05) is 44.7 Å². The Kier molecular flexibility index (Phi) is 5.86. The maximum absolute atomic E-state index is 5.36. The molecular formula is C15H28N4O. The number of morpholine rings is 1. The first-order valence-electron chi connectivity index (χ1n) is 7.73. The van der Waals surface area contributed by atoms with Crippen molar-refractivity contribution < 1.29 is 4.74 Å². The predicted octanol–water partition coefficient (Wildman–Crippen LogP) is 1.98. The van der Waals surface area contributed by atoms with Crippen molar-refractivity contribution in [2.24, 2.45) is 5.92 Å². The fraction of sp³-hybridized carbons (Fsp3) is 0.800. The van der Waals surface area contributed by atoms with Crippen molar-refractivity contribution in [1.82, 2.24) is 14.5 Å². The first-order chi connectivity index (χ1) is 9.65. The minimum absolute atomic E-state index is 0.637. The van der Waals surface area contributed by atoms with E-state index in [0.29, 0.717) is 5.92 Å². The van der Waals surface area contributed by atoms with Crippen LogP contribution in [0, 0.1) is 12.8 Å². The highest BCUT2D eigenvalue weighted by Crippen LogP contribution is 2.11.